The molecule has 1 aliphatic rings. The van der Waals surface area contributed by atoms with E-state index in [9.17, 15) is 35.1 Å². The second-order valence-corrected chi connectivity index (χ2v) is 23.9. The van der Waals surface area contributed by atoms with Crippen LogP contribution in [0, 0.1) is 0 Å². The molecule has 1 fully saturated rings. The average Bonchev–Trinajstić information content (AvgIpc) is 3.52. The molecule has 11 heteroatoms. The number of ether oxygens (including phenoxy) is 3. The smallest absolute Gasteiger partial charge is 0.306 e. The summed E-state index contributed by atoms with van der Waals surface area (Å²) in [7, 11) is 0. The van der Waals surface area contributed by atoms with Crippen LogP contribution in [-0.2, 0) is 23.8 Å². The number of carbonyl (C=O) groups is 2. The summed E-state index contributed by atoms with van der Waals surface area (Å²) in [6.07, 6.45) is 61.6. The number of carbonyl (C=O) groups excluding carboxylic acids is 2. The topological polar surface area (TPSA) is 175 Å². The number of rotatable bonds is 59. The third-order valence-corrected chi connectivity index (χ3v) is 16.2. The van der Waals surface area contributed by atoms with Crippen molar-refractivity contribution in [3.05, 3.63) is 48.6 Å². The highest BCUT2D eigenvalue weighted by atomic mass is 16.7. The molecule has 81 heavy (non-hydrogen) atoms. The minimum atomic E-state index is -1.61. The minimum absolute atomic E-state index is 0.125. The monoisotopic (exact) mass is 1140 g/mol. The van der Waals surface area contributed by atoms with Crippen LogP contribution in [0.25, 0.3) is 0 Å². The van der Waals surface area contributed by atoms with Crippen LogP contribution in [0.2, 0.25) is 0 Å². The van der Waals surface area contributed by atoms with Gasteiger partial charge in [0, 0.05) is 6.42 Å². The van der Waals surface area contributed by atoms with Gasteiger partial charge in [0.15, 0.2) is 12.4 Å². The van der Waals surface area contributed by atoms with Crippen molar-refractivity contribution < 1.29 is 49.3 Å². The molecule has 0 aromatic carbocycles. The molecule has 0 aromatic heterocycles. The van der Waals surface area contributed by atoms with Gasteiger partial charge in [0.2, 0.25) is 5.91 Å². The first-order chi connectivity index (χ1) is 39.7. The summed E-state index contributed by atoms with van der Waals surface area (Å²) in [5.74, 6) is -1.19. The Bertz CT molecular complexity index is 1500. The van der Waals surface area contributed by atoms with Gasteiger partial charge in [0.1, 0.15) is 24.4 Å². The molecule has 0 bridgehead atoms. The summed E-state index contributed by atoms with van der Waals surface area (Å²) in [5.41, 5.74) is 0. The number of hydrogen-bond acceptors (Lipinski definition) is 10. The lowest BCUT2D eigenvalue weighted by Gasteiger charge is -2.41. The van der Waals surface area contributed by atoms with E-state index < -0.39 is 67.4 Å². The first-order valence-corrected chi connectivity index (χ1v) is 34.4. The Morgan fingerprint density at radius 1 is 0.481 bits per heavy atom. The zero-order valence-corrected chi connectivity index (χ0v) is 52.7. The summed E-state index contributed by atoms with van der Waals surface area (Å²) < 4.78 is 17.7. The van der Waals surface area contributed by atoms with Crippen molar-refractivity contribution in [3.63, 3.8) is 0 Å². The standard InChI is InChI=1S/C70H129NO10/c1-4-7-10-13-16-19-22-24-26-28-29-30-31-32-33-34-35-36-38-40-43-46-49-52-55-58-65(75)81-68-67(77)66(76)64(59-72)80-70(68)79-60-61(62(73)56-53-50-47-44-41-21-18-15-12-9-6-3)71-69(78)63(74)57-54-51-48-45-42-39-37-27-25-23-20-17-14-11-8-5-2/h16,19,24-27,53,56,61-64,66-68,70,72-74,76-77H,4-15,17-18,20-23,28-52,54-55,57-60H2,1-3H3,(H,71,78)/b19-16-,26-24-,27-25+,56-53+. The normalized spacial score (nSPS) is 18.9. The first kappa shape index (κ1) is 76.6. The van der Waals surface area contributed by atoms with Crippen molar-refractivity contribution in [2.75, 3.05) is 13.2 Å². The van der Waals surface area contributed by atoms with Crippen molar-refractivity contribution in [1.29, 1.82) is 0 Å². The molecule has 6 N–H and O–H groups in total. The molecule has 0 aliphatic carbocycles. The van der Waals surface area contributed by atoms with Crippen LogP contribution < -0.4 is 5.32 Å². The van der Waals surface area contributed by atoms with Crippen LogP contribution in [0.3, 0.4) is 0 Å². The van der Waals surface area contributed by atoms with Gasteiger partial charge >= 0.3 is 5.97 Å². The maximum absolute atomic E-state index is 13.4. The highest BCUT2D eigenvalue weighted by molar-refractivity contribution is 5.80. The van der Waals surface area contributed by atoms with Gasteiger partial charge in [-0.2, -0.15) is 0 Å². The van der Waals surface area contributed by atoms with E-state index in [2.05, 4.69) is 62.5 Å². The quantitative estimate of drug-likeness (QED) is 0.0195. The number of aliphatic hydroxyl groups excluding tert-OH is 5. The number of amides is 1. The predicted octanol–water partition coefficient (Wildman–Crippen LogP) is 17.2. The number of allylic oxidation sites excluding steroid dienone is 7. The van der Waals surface area contributed by atoms with E-state index in [0.717, 1.165) is 77.0 Å². The highest BCUT2D eigenvalue weighted by Gasteiger charge is 2.47. The molecule has 0 saturated carbocycles. The molecule has 8 atom stereocenters. The molecule has 8 unspecified atom stereocenters. The molecule has 0 aromatic rings. The average molecular weight is 1140 g/mol. The van der Waals surface area contributed by atoms with Gasteiger partial charge in [-0.1, -0.05) is 281 Å². The molecule has 0 spiro atoms. The largest absolute Gasteiger partial charge is 0.454 e. The van der Waals surface area contributed by atoms with Gasteiger partial charge in [0.05, 0.1) is 25.4 Å². The van der Waals surface area contributed by atoms with Crippen LogP contribution in [0.4, 0.5) is 0 Å². The third kappa shape index (κ3) is 45.6. The molecule has 1 heterocycles. The molecule has 474 valence electrons. The lowest BCUT2D eigenvalue weighted by atomic mass is 9.99. The Labute approximate surface area is 497 Å². The van der Waals surface area contributed by atoms with Gasteiger partial charge in [-0.25, -0.2) is 0 Å². The van der Waals surface area contributed by atoms with E-state index in [0.29, 0.717) is 12.8 Å². The van der Waals surface area contributed by atoms with Crippen molar-refractivity contribution in [2.24, 2.45) is 0 Å². The molecule has 11 nitrogen and oxygen atoms in total. The lowest BCUT2D eigenvalue weighted by molar-refractivity contribution is -0.305. The van der Waals surface area contributed by atoms with Crippen LogP contribution in [0.1, 0.15) is 323 Å². The molecular formula is C70H129NO10. The van der Waals surface area contributed by atoms with Crippen molar-refractivity contribution in [2.45, 2.75) is 372 Å². The van der Waals surface area contributed by atoms with Crippen LogP contribution in [0.15, 0.2) is 48.6 Å². The second kappa shape index (κ2) is 58.0. The Morgan fingerprint density at radius 2 is 0.852 bits per heavy atom. The Hall–Kier alpha value is -2.38. The summed E-state index contributed by atoms with van der Waals surface area (Å²) >= 11 is 0. The van der Waals surface area contributed by atoms with E-state index in [4.69, 9.17) is 14.2 Å². The fourth-order valence-electron chi connectivity index (χ4n) is 10.7. The lowest BCUT2D eigenvalue weighted by Crippen LogP contribution is -2.61. The Morgan fingerprint density at radius 3 is 1.30 bits per heavy atom. The fourth-order valence-corrected chi connectivity index (χ4v) is 10.7. The zero-order chi connectivity index (χ0) is 58.9. The molecule has 1 rings (SSSR count). The zero-order valence-electron chi connectivity index (χ0n) is 52.7. The Kier molecular flexibility index (Phi) is 54.9. The number of nitrogens with one attached hydrogen (secondary N) is 1. The molecule has 1 amide bonds. The van der Waals surface area contributed by atoms with Gasteiger partial charge < -0.3 is 45.1 Å². The van der Waals surface area contributed by atoms with E-state index in [1.54, 1.807) is 6.08 Å². The van der Waals surface area contributed by atoms with Gasteiger partial charge in [0.25, 0.3) is 0 Å². The van der Waals surface area contributed by atoms with Gasteiger partial charge in [-0.05, 0) is 83.5 Å². The van der Waals surface area contributed by atoms with Crippen LogP contribution in [0.5, 0.6) is 0 Å². The first-order valence-electron chi connectivity index (χ1n) is 34.4. The fraction of sp³-hybridized carbons (Fsp3) is 0.857. The van der Waals surface area contributed by atoms with Crippen molar-refractivity contribution in [3.8, 4) is 0 Å². The van der Waals surface area contributed by atoms with E-state index in [1.165, 1.54) is 199 Å². The van der Waals surface area contributed by atoms with Crippen LogP contribution >= 0.6 is 0 Å². The number of unbranched alkanes of at least 4 members (excludes halogenated alkanes) is 39. The molecule has 1 aliphatic heterocycles. The molecule has 1 saturated heterocycles. The van der Waals surface area contributed by atoms with Crippen LogP contribution in [-0.4, -0.2) is 99.6 Å². The van der Waals surface area contributed by atoms with Gasteiger partial charge in [-0.3, -0.25) is 9.59 Å². The summed E-state index contributed by atoms with van der Waals surface area (Å²) in [6, 6.07) is -1.02. The molecular weight excluding hydrogens is 1010 g/mol. The second-order valence-electron chi connectivity index (χ2n) is 23.9. The maximum atomic E-state index is 13.4. The number of hydrogen-bond donors (Lipinski definition) is 6. The number of esters is 1. The van der Waals surface area contributed by atoms with Gasteiger partial charge in [-0.15, -0.1) is 0 Å². The summed E-state index contributed by atoms with van der Waals surface area (Å²) in [4.78, 5) is 26.6. The highest BCUT2D eigenvalue weighted by Crippen LogP contribution is 2.26. The third-order valence-electron chi connectivity index (χ3n) is 16.2. The Balaban J connectivity index is 2.55. The molecule has 0 radical (unpaired) electrons. The maximum Gasteiger partial charge on any atom is 0.306 e. The predicted molar refractivity (Wildman–Crippen MR) is 338 cm³/mol. The van der Waals surface area contributed by atoms with E-state index in [1.807, 2.05) is 6.08 Å². The van der Waals surface area contributed by atoms with Crippen molar-refractivity contribution >= 4 is 11.9 Å². The van der Waals surface area contributed by atoms with Crippen molar-refractivity contribution in [1.82, 2.24) is 5.32 Å². The van der Waals surface area contributed by atoms with E-state index >= 15 is 0 Å². The summed E-state index contributed by atoms with van der Waals surface area (Å²) in [6.45, 7) is 5.78. The van der Waals surface area contributed by atoms with E-state index in [-0.39, 0.29) is 19.4 Å². The number of aliphatic hydroxyl groups is 5. The minimum Gasteiger partial charge on any atom is -0.454 e. The summed E-state index contributed by atoms with van der Waals surface area (Å²) in [5, 5.41) is 57.1. The SMILES string of the molecule is CCCCC/C=C\C/C=C\CCCCCCCCCCCCCCCCCC(=O)OC1C(OCC(NC(=O)C(O)CCCCCCCC/C=C/CCCCCCCC)C(O)/C=C/CCCCCCCCCCC)OC(CO)C(O)C1O.